The zero-order valence-corrected chi connectivity index (χ0v) is 33.5. The molecule has 2 aromatic carbocycles. The molecule has 2 saturated heterocycles. The number of nitrogens with zero attached hydrogens (tertiary/aromatic N) is 2. The number of ether oxygens (including phenoxy) is 3. The molecule has 3 heterocycles. The fourth-order valence-electron chi connectivity index (χ4n) is 8.63. The predicted octanol–water partition coefficient (Wildman–Crippen LogP) is 5.45. The Bertz CT molecular complexity index is 2080. The molecule has 2 aliphatic carbocycles. The molecule has 3 N–H and O–H groups in total. The highest BCUT2D eigenvalue weighted by Gasteiger charge is 2.62. The lowest BCUT2D eigenvalue weighted by atomic mass is 10.0. The number of hydrogen-bond acceptors (Lipinski definition) is 10. The summed E-state index contributed by atoms with van der Waals surface area (Å²) in [4.78, 5) is 62.0. The van der Waals surface area contributed by atoms with Crippen molar-refractivity contribution in [3.05, 3.63) is 60.2 Å². The molecular formula is C42H53N5O9S. The summed E-state index contributed by atoms with van der Waals surface area (Å²) in [6.07, 6.45) is 6.97. The highest BCUT2D eigenvalue weighted by molar-refractivity contribution is 7.90. The molecular weight excluding hydrogens is 751 g/mol. The Hall–Kier alpha value is -4.92. The van der Waals surface area contributed by atoms with Crippen LogP contribution in [0.1, 0.15) is 96.0 Å². The third-order valence-corrected chi connectivity index (χ3v) is 13.1. The van der Waals surface area contributed by atoms with Crippen molar-refractivity contribution < 1.29 is 41.8 Å². The van der Waals surface area contributed by atoms with E-state index in [9.17, 15) is 27.6 Å². The van der Waals surface area contributed by atoms with Gasteiger partial charge in [-0.05, 0) is 88.5 Å². The van der Waals surface area contributed by atoms with E-state index in [2.05, 4.69) is 20.3 Å². The number of fused-ring (bicyclic) bond motifs is 3. The standard InChI is InChI=1S/C42H53N5O9S/c1-3-54-36-24-35(33-21-13-14-27(2)38(33)44-36)55-31-23-34-39(49)45-42(40(50)46-57(52,53)32-19-9-6-10-20-32)25-28(42)15-7-4-5-8-16-29(22-37(48)47(34)26-31)43-41(51)56-30-17-11-12-18-30/h6,9-10,13-14,19-21,24,28-31,34H,3-5,7-8,11-12,15-18,22-23,25-26H2,1-2H3,(H,43,51)(H,45,49)(H,46,50)/t28-,29-,31+,34-,42+/m0/s1. The number of amides is 4. The number of alkyl carbamates (subject to hydrolysis) is 1. The number of aryl methyl sites for hydroxylation is 1. The SMILES string of the molecule is CCOc1cc(O[C@@H]2C[C@H]3C(=O)N[C@]4(C(=O)NS(=O)(=O)c5ccccc5)C[C@@H]4CCCCCC[C@H](NC(=O)OC4CCCC4)CC(=O)N3C2)c2cccc(C)c2n1. The summed E-state index contributed by atoms with van der Waals surface area (Å²) in [7, 11) is -4.22. The zero-order valence-electron chi connectivity index (χ0n) is 32.7. The number of aromatic nitrogens is 1. The van der Waals surface area contributed by atoms with Crippen LogP contribution in [0.25, 0.3) is 10.9 Å². The first-order valence-corrected chi connectivity index (χ1v) is 21.8. The van der Waals surface area contributed by atoms with Crippen LogP contribution >= 0.6 is 0 Å². The molecule has 2 aliphatic heterocycles. The molecule has 3 aromatic rings. The first-order valence-electron chi connectivity index (χ1n) is 20.4. The van der Waals surface area contributed by atoms with E-state index >= 15 is 0 Å². The molecule has 2 saturated carbocycles. The summed E-state index contributed by atoms with van der Waals surface area (Å²) in [5, 5.41) is 6.65. The normalized spacial score (nSPS) is 26.0. The van der Waals surface area contributed by atoms with Crippen LogP contribution in [0.4, 0.5) is 4.79 Å². The maximum atomic E-state index is 14.5. The van der Waals surface area contributed by atoms with Gasteiger partial charge in [-0.1, -0.05) is 56.0 Å². The minimum absolute atomic E-state index is 0.0563. The van der Waals surface area contributed by atoms with Crippen LogP contribution < -0.4 is 24.8 Å². The monoisotopic (exact) mass is 803 g/mol. The third-order valence-electron chi connectivity index (χ3n) is 11.8. The van der Waals surface area contributed by atoms with E-state index in [-0.39, 0.29) is 48.6 Å². The Labute approximate surface area is 333 Å². The van der Waals surface area contributed by atoms with Gasteiger partial charge >= 0.3 is 6.09 Å². The predicted molar refractivity (Wildman–Crippen MR) is 211 cm³/mol. The molecule has 7 rings (SSSR count). The number of pyridine rings is 1. The summed E-state index contributed by atoms with van der Waals surface area (Å²) in [5.74, 6) is -1.15. The summed E-state index contributed by atoms with van der Waals surface area (Å²) in [6.45, 7) is 4.26. The number of rotatable bonds is 9. The summed E-state index contributed by atoms with van der Waals surface area (Å²) in [6, 6.07) is 13.5. The molecule has 4 amide bonds. The van der Waals surface area contributed by atoms with Gasteiger partial charge < -0.3 is 29.7 Å². The van der Waals surface area contributed by atoms with E-state index in [4.69, 9.17) is 14.2 Å². The second-order valence-electron chi connectivity index (χ2n) is 15.9. The Kier molecular flexibility index (Phi) is 12.2. The summed E-state index contributed by atoms with van der Waals surface area (Å²) in [5.41, 5.74) is 0.164. The van der Waals surface area contributed by atoms with Crippen molar-refractivity contribution in [2.24, 2.45) is 5.92 Å². The molecule has 5 atom stereocenters. The van der Waals surface area contributed by atoms with Crippen LogP contribution in [0.3, 0.4) is 0 Å². The van der Waals surface area contributed by atoms with Crippen LogP contribution in [0, 0.1) is 12.8 Å². The average Bonchev–Trinajstić information content (AvgIpc) is 3.44. The van der Waals surface area contributed by atoms with E-state index in [1.54, 1.807) is 24.3 Å². The Balaban J connectivity index is 1.17. The van der Waals surface area contributed by atoms with Crippen molar-refractivity contribution in [2.75, 3.05) is 13.2 Å². The lowest BCUT2D eigenvalue weighted by molar-refractivity contribution is -0.140. The lowest BCUT2D eigenvalue weighted by Gasteiger charge is -2.28. The van der Waals surface area contributed by atoms with Crippen molar-refractivity contribution in [3.8, 4) is 11.6 Å². The van der Waals surface area contributed by atoms with Crippen molar-refractivity contribution in [2.45, 2.75) is 132 Å². The van der Waals surface area contributed by atoms with Gasteiger partial charge in [0.1, 0.15) is 29.5 Å². The van der Waals surface area contributed by atoms with Gasteiger partial charge in [0, 0.05) is 30.3 Å². The molecule has 0 unspecified atom stereocenters. The third kappa shape index (κ3) is 9.29. The molecule has 0 spiro atoms. The molecule has 57 heavy (non-hydrogen) atoms. The van der Waals surface area contributed by atoms with Gasteiger partial charge in [0.15, 0.2) is 0 Å². The van der Waals surface area contributed by atoms with Crippen LogP contribution in [0.5, 0.6) is 11.6 Å². The van der Waals surface area contributed by atoms with E-state index in [1.165, 1.54) is 17.0 Å². The van der Waals surface area contributed by atoms with Crippen molar-refractivity contribution in [1.29, 1.82) is 0 Å². The van der Waals surface area contributed by atoms with Crippen LogP contribution in [0.15, 0.2) is 59.5 Å². The Morgan fingerprint density at radius 1 is 0.947 bits per heavy atom. The minimum Gasteiger partial charge on any atom is -0.488 e. The fraction of sp³-hybridized carbons (Fsp3) is 0.548. The Morgan fingerprint density at radius 3 is 2.44 bits per heavy atom. The number of nitrogens with one attached hydrogen (secondary N) is 3. The van der Waals surface area contributed by atoms with Gasteiger partial charge in [-0.2, -0.15) is 0 Å². The first-order chi connectivity index (χ1) is 27.5. The number of benzene rings is 2. The first kappa shape index (κ1) is 40.3. The van der Waals surface area contributed by atoms with E-state index in [1.807, 2.05) is 32.0 Å². The van der Waals surface area contributed by atoms with Crippen molar-refractivity contribution >= 4 is 44.7 Å². The van der Waals surface area contributed by atoms with Gasteiger partial charge in [-0.15, -0.1) is 0 Å². The average molecular weight is 804 g/mol. The highest BCUT2D eigenvalue weighted by Crippen LogP contribution is 2.48. The van der Waals surface area contributed by atoms with E-state index < -0.39 is 51.7 Å². The van der Waals surface area contributed by atoms with Gasteiger partial charge in [0.2, 0.25) is 17.7 Å². The molecule has 14 nitrogen and oxygen atoms in total. The largest absolute Gasteiger partial charge is 0.488 e. The van der Waals surface area contributed by atoms with E-state index in [0.29, 0.717) is 36.6 Å². The molecule has 4 fully saturated rings. The van der Waals surface area contributed by atoms with Gasteiger partial charge in [0.25, 0.3) is 15.9 Å². The number of hydrogen-bond donors (Lipinski definition) is 3. The van der Waals surface area contributed by atoms with E-state index in [0.717, 1.165) is 62.3 Å². The van der Waals surface area contributed by atoms with Crippen molar-refractivity contribution in [1.82, 2.24) is 25.2 Å². The maximum absolute atomic E-state index is 14.5. The number of carbonyl (C=O) groups is 4. The summed E-state index contributed by atoms with van der Waals surface area (Å²) >= 11 is 0. The topological polar surface area (TPSA) is 182 Å². The van der Waals surface area contributed by atoms with Gasteiger partial charge in [0.05, 0.1) is 23.6 Å². The number of para-hydroxylation sites is 1. The molecule has 0 radical (unpaired) electrons. The van der Waals surface area contributed by atoms with Crippen LogP contribution in [-0.2, 0) is 29.1 Å². The molecule has 15 heteroatoms. The highest BCUT2D eigenvalue weighted by atomic mass is 32.2. The van der Waals surface area contributed by atoms with Crippen LogP contribution in [-0.4, -0.2) is 85.1 Å². The Morgan fingerprint density at radius 2 is 1.68 bits per heavy atom. The zero-order chi connectivity index (χ0) is 40.2. The second-order valence-corrected chi connectivity index (χ2v) is 17.5. The second kappa shape index (κ2) is 17.3. The minimum atomic E-state index is -4.22. The molecule has 0 bridgehead atoms. The van der Waals surface area contributed by atoms with Crippen LogP contribution in [0.2, 0.25) is 0 Å². The smallest absolute Gasteiger partial charge is 0.407 e. The van der Waals surface area contributed by atoms with Gasteiger partial charge in [-0.3, -0.25) is 14.4 Å². The summed E-state index contributed by atoms with van der Waals surface area (Å²) < 4.78 is 46.9. The lowest BCUT2D eigenvalue weighted by Crippen LogP contribution is -2.56. The number of sulfonamides is 1. The maximum Gasteiger partial charge on any atom is 0.407 e. The fourth-order valence-corrected chi connectivity index (χ4v) is 9.69. The van der Waals surface area contributed by atoms with Crippen molar-refractivity contribution in [3.63, 3.8) is 0 Å². The number of carbonyl (C=O) groups excluding carboxylic acids is 4. The molecule has 1 aromatic heterocycles. The quantitative estimate of drug-likeness (QED) is 0.252. The van der Waals surface area contributed by atoms with Gasteiger partial charge in [-0.25, -0.2) is 22.9 Å². The molecule has 306 valence electrons. The molecule has 4 aliphatic rings.